The van der Waals surface area contributed by atoms with E-state index >= 15 is 0 Å². The normalized spacial score (nSPS) is 12.5. The van der Waals surface area contributed by atoms with Crippen LogP contribution in [0.3, 0.4) is 0 Å². The van der Waals surface area contributed by atoms with E-state index in [-0.39, 0.29) is 24.7 Å². The molecule has 0 aliphatic carbocycles. The van der Waals surface area contributed by atoms with Crippen molar-refractivity contribution in [2.24, 2.45) is 11.7 Å². The molecule has 15 heavy (non-hydrogen) atoms. The van der Waals surface area contributed by atoms with Gasteiger partial charge in [0.05, 0.1) is 12.4 Å². The number of nitrogens with one attached hydrogen (secondary N) is 1. The fourth-order valence-electron chi connectivity index (χ4n) is 1.28. The smallest absolute Gasteiger partial charge is 0.388 e. The highest BCUT2D eigenvalue weighted by Gasteiger charge is 2.30. The summed E-state index contributed by atoms with van der Waals surface area (Å²) in [5.41, 5.74) is 5.11. The van der Waals surface area contributed by atoms with Gasteiger partial charge < -0.3 is 5.73 Å². The van der Waals surface area contributed by atoms with Crippen molar-refractivity contribution in [3.8, 4) is 0 Å². The quantitative estimate of drug-likeness (QED) is 0.535. The van der Waals surface area contributed by atoms with Gasteiger partial charge in [-0.3, -0.25) is 10.3 Å². The topological polar surface area (TPSA) is 53.1 Å². The van der Waals surface area contributed by atoms with Gasteiger partial charge in [0.2, 0.25) is 0 Å². The van der Waals surface area contributed by atoms with E-state index in [1.165, 1.54) is 4.90 Å². The van der Waals surface area contributed by atoms with E-state index in [4.69, 9.17) is 11.1 Å². The molecule has 0 spiro atoms. The van der Waals surface area contributed by atoms with Gasteiger partial charge in [0.1, 0.15) is 0 Å². The molecule has 3 nitrogen and oxygen atoms in total. The fraction of sp³-hybridized carbons (Fsp3) is 0.889. The van der Waals surface area contributed by atoms with Gasteiger partial charge >= 0.3 is 6.18 Å². The van der Waals surface area contributed by atoms with E-state index in [9.17, 15) is 13.2 Å². The summed E-state index contributed by atoms with van der Waals surface area (Å²) < 4.78 is 36.5. The van der Waals surface area contributed by atoms with Crippen LogP contribution < -0.4 is 5.73 Å². The van der Waals surface area contributed by atoms with Crippen molar-refractivity contribution in [1.29, 1.82) is 5.41 Å². The predicted molar refractivity (Wildman–Crippen MR) is 53.9 cm³/mol. The Morgan fingerprint density at radius 2 is 1.93 bits per heavy atom. The molecule has 0 aromatic carbocycles. The van der Waals surface area contributed by atoms with E-state index < -0.39 is 12.7 Å². The Morgan fingerprint density at radius 3 is 2.27 bits per heavy atom. The minimum atomic E-state index is -4.19. The summed E-state index contributed by atoms with van der Waals surface area (Å²) in [7, 11) is 0. The molecule has 0 aromatic rings. The van der Waals surface area contributed by atoms with Crippen LogP contribution in [0.4, 0.5) is 13.2 Å². The molecule has 0 saturated heterocycles. The SMILES string of the molecule is CC(C)CN(CCC(=N)N)CC(F)(F)F. The summed E-state index contributed by atoms with van der Waals surface area (Å²) in [5.74, 6) is 0.0882. The third-order valence-electron chi connectivity index (χ3n) is 1.72. The molecular formula is C9H18F3N3. The average molecular weight is 225 g/mol. The van der Waals surface area contributed by atoms with Crippen molar-refractivity contribution in [3.63, 3.8) is 0 Å². The van der Waals surface area contributed by atoms with Crippen LogP contribution in [0.2, 0.25) is 0 Å². The van der Waals surface area contributed by atoms with Crippen LogP contribution in [-0.2, 0) is 0 Å². The van der Waals surface area contributed by atoms with Crippen molar-refractivity contribution < 1.29 is 13.2 Å². The Balaban J connectivity index is 4.12. The highest BCUT2D eigenvalue weighted by Crippen LogP contribution is 2.17. The highest BCUT2D eigenvalue weighted by atomic mass is 19.4. The van der Waals surface area contributed by atoms with Crippen LogP contribution >= 0.6 is 0 Å². The van der Waals surface area contributed by atoms with Gasteiger partial charge in [0.15, 0.2) is 0 Å². The van der Waals surface area contributed by atoms with Crippen molar-refractivity contribution in [1.82, 2.24) is 4.90 Å². The van der Waals surface area contributed by atoms with E-state index in [2.05, 4.69) is 0 Å². The van der Waals surface area contributed by atoms with Gasteiger partial charge in [-0.05, 0) is 5.92 Å². The van der Waals surface area contributed by atoms with Gasteiger partial charge in [-0.15, -0.1) is 0 Å². The first-order chi connectivity index (χ1) is 6.70. The summed E-state index contributed by atoms with van der Waals surface area (Å²) in [6, 6.07) is 0. The Kier molecular flexibility index (Phi) is 5.64. The van der Waals surface area contributed by atoms with Crippen LogP contribution in [-0.4, -0.2) is 36.5 Å². The Bertz CT molecular complexity index is 201. The minimum Gasteiger partial charge on any atom is -0.388 e. The first-order valence-corrected chi connectivity index (χ1v) is 4.82. The second-order valence-electron chi connectivity index (χ2n) is 4.02. The van der Waals surface area contributed by atoms with Crippen LogP contribution in [0.15, 0.2) is 0 Å². The van der Waals surface area contributed by atoms with Gasteiger partial charge in [0.25, 0.3) is 0 Å². The van der Waals surface area contributed by atoms with Crippen molar-refractivity contribution in [2.45, 2.75) is 26.4 Å². The molecule has 0 bridgehead atoms. The predicted octanol–water partition coefficient (Wildman–Crippen LogP) is 1.83. The molecule has 0 radical (unpaired) electrons. The number of hydrogen-bond donors (Lipinski definition) is 2. The molecule has 0 aliphatic heterocycles. The minimum absolute atomic E-state index is 0.0778. The summed E-state index contributed by atoms with van der Waals surface area (Å²) in [4.78, 5) is 1.28. The first-order valence-electron chi connectivity index (χ1n) is 4.82. The van der Waals surface area contributed by atoms with Crippen LogP contribution in [0.25, 0.3) is 0 Å². The van der Waals surface area contributed by atoms with Gasteiger partial charge in [-0.25, -0.2) is 0 Å². The number of rotatable bonds is 6. The number of hydrogen-bond acceptors (Lipinski definition) is 2. The van der Waals surface area contributed by atoms with Crippen LogP contribution in [0, 0.1) is 11.3 Å². The van der Waals surface area contributed by atoms with Gasteiger partial charge in [-0.2, -0.15) is 13.2 Å². The lowest BCUT2D eigenvalue weighted by molar-refractivity contribution is -0.146. The summed E-state index contributed by atoms with van der Waals surface area (Å²) >= 11 is 0. The molecule has 0 aromatic heterocycles. The number of halogens is 3. The monoisotopic (exact) mass is 225 g/mol. The van der Waals surface area contributed by atoms with Crippen LogP contribution in [0.1, 0.15) is 20.3 Å². The molecule has 3 N–H and O–H groups in total. The Labute approximate surface area is 87.9 Å². The lowest BCUT2D eigenvalue weighted by Gasteiger charge is -2.25. The molecule has 0 heterocycles. The van der Waals surface area contributed by atoms with Gasteiger partial charge in [0, 0.05) is 19.5 Å². The number of nitrogens with zero attached hydrogens (tertiary/aromatic N) is 1. The summed E-state index contributed by atoms with van der Waals surface area (Å²) in [5, 5.41) is 6.97. The second-order valence-corrected chi connectivity index (χ2v) is 4.02. The Hall–Kier alpha value is -0.780. The maximum absolute atomic E-state index is 12.2. The fourth-order valence-corrected chi connectivity index (χ4v) is 1.28. The number of amidine groups is 1. The molecule has 6 heteroatoms. The molecule has 0 rings (SSSR count). The lowest BCUT2D eigenvalue weighted by Crippen LogP contribution is -2.38. The first kappa shape index (κ1) is 14.2. The Morgan fingerprint density at radius 1 is 1.40 bits per heavy atom. The molecule has 0 fully saturated rings. The maximum atomic E-state index is 12.2. The number of nitrogens with two attached hydrogens (primary N) is 1. The van der Waals surface area contributed by atoms with E-state index in [0.29, 0.717) is 6.54 Å². The average Bonchev–Trinajstić information content (AvgIpc) is 1.95. The zero-order valence-electron chi connectivity index (χ0n) is 9.06. The second kappa shape index (κ2) is 5.95. The van der Waals surface area contributed by atoms with E-state index in [1.807, 2.05) is 13.8 Å². The zero-order chi connectivity index (χ0) is 12.1. The van der Waals surface area contributed by atoms with Crippen LogP contribution in [0.5, 0.6) is 0 Å². The molecule has 0 atom stereocenters. The van der Waals surface area contributed by atoms with E-state index in [1.54, 1.807) is 0 Å². The standard InChI is InChI=1S/C9H18F3N3/c1-7(2)5-15(4-3-8(13)14)6-9(10,11)12/h7H,3-6H2,1-2H3,(H3,13,14). The van der Waals surface area contributed by atoms with Crippen molar-refractivity contribution in [2.75, 3.05) is 19.6 Å². The third-order valence-corrected chi connectivity index (χ3v) is 1.72. The summed E-state index contributed by atoms with van der Waals surface area (Å²) in [6.07, 6.45) is -4.01. The zero-order valence-corrected chi connectivity index (χ0v) is 9.06. The largest absolute Gasteiger partial charge is 0.401 e. The molecular weight excluding hydrogens is 207 g/mol. The summed E-state index contributed by atoms with van der Waals surface area (Å²) in [6.45, 7) is 3.34. The molecule has 0 saturated carbocycles. The van der Waals surface area contributed by atoms with Crippen molar-refractivity contribution >= 4 is 5.84 Å². The lowest BCUT2D eigenvalue weighted by atomic mass is 10.2. The highest BCUT2D eigenvalue weighted by molar-refractivity contribution is 5.76. The number of alkyl halides is 3. The molecule has 0 unspecified atom stereocenters. The third kappa shape index (κ3) is 9.52. The van der Waals surface area contributed by atoms with Crippen molar-refractivity contribution in [3.05, 3.63) is 0 Å². The molecule has 0 amide bonds. The molecule has 90 valence electrons. The molecule has 0 aliphatic rings. The van der Waals surface area contributed by atoms with Gasteiger partial charge in [-0.1, -0.05) is 13.8 Å². The maximum Gasteiger partial charge on any atom is 0.401 e. The van der Waals surface area contributed by atoms with E-state index in [0.717, 1.165) is 0 Å².